The smallest absolute Gasteiger partial charge is 0.264 e. The zero-order valence-electron chi connectivity index (χ0n) is 18.7. The van der Waals surface area contributed by atoms with Crippen LogP contribution in [0.15, 0.2) is 71.8 Å². The van der Waals surface area contributed by atoms with E-state index >= 15 is 0 Å². The van der Waals surface area contributed by atoms with Crippen LogP contribution in [0.5, 0.6) is 5.75 Å². The van der Waals surface area contributed by atoms with Gasteiger partial charge in [0.1, 0.15) is 12.4 Å². The monoisotopic (exact) mass is 662 g/mol. The average molecular weight is 665 g/mol. The van der Waals surface area contributed by atoms with Crippen LogP contribution >= 0.6 is 59.6 Å². The molecule has 0 atom stereocenters. The van der Waals surface area contributed by atoms with Gasteiger partial charge in [-0.3, -0.25) is 4.79 Å². The van der Waals surface area contributed by atoms with Gasteiger partial charge in [0.05, 0.1) is 19.5 Å². The van der Waals surface area contributed by atoms with Crippen LogP contribution in [-0.2, 0) is 11.4 Å². The summed E-state index contributed by atoms with van der Waals surface area (Å²) in [5.41, 5.74) is 6.18. The number of ether oxygens (including phenoxy) is 1. The van der Waals surface area contributed by atoms with Crippen molar-refractivity contribution in [1.82, 2.24) is 5.32 Å². The minimum atomic E-state index is -0.165. The summed E-state index contributed by atoms with van der Waals surface area (Å²) >= 11 is 12.1. The van der Waals surface area contributed by atoms with Crippen LogP contribution in [0.4, 0.5) is 5.69 Å². The molecule has 1 fully saturated rings. The Balaban J connectivity index is 1.52. The number of carbonyl (C=O) groups excluding carboxylic acids is 1. The van der Waals surface area contributed by atoms with E-state index in [0.717, 1.165) is 47.1 Å². The van der Waals surface area contributed by atoms with Crippen molar-refractivity contribution in [1.29, 1.82) is 0 Å². The van der Waals surface area contributed by atoms with Gasteiger partial charge in [-0.05, 0) is 117 Å². The number of amidine groups is 1. The maximum Gasteiger partial charge on any atom is 0.264 e. The number of nitrogens with one attached hydrogen (secondary N) is 1. The summed E-state index contributed by atoms with van der Waals surface area (Å²) in [5.74, 6) is 0.553. The van der Waals surface area contributed by atoms with Crippen molar-refractivity contribution in [3.05, 3.63) is 94.7 Å². The highest BCUT2D eigenvalue weighted by Gasteiger charge is 2.24. The fraction of sp³-hybridized carbons (Fsp3) is 0.154. The molecule has 0 saturated carbocycles. The minimum absolute atomic E-state index is 0.165. The molecule has 4 nitrogen and oxygen atoms in total. The topological polar surface area (TPSA) is 50.7 Å². The van der Waals surface area contributed by atoms with Crippen LogP contribution in [0.2, 0.25) is 0 Å². The van der Waals surface area contributed by atoms with Crippen molar-refractivity contribution < 1.29 is 9.53 Å². The Morgan fingerprint density at radius 1 is 1.00 bits per heavy atom. The van der Waals surface area contributed by atoms with Crippen molar-refractivity contribution in [3.63, 3.8) is 0 Å². The standard InChI is InChI=1S/C26H21Br3N2O2S/c1-14-5-4-6-17(7-14)13-33-24-20(27)10-18(11-21(24)28)12-22-25(32)31-26(34-22)30-19-8-15(2)23(29)16(3)9-19/h4-12H,13H2,1-3H3,(H,30,31,32)/b22-12-. The van der Waals surface area contributed by atoms with Gasteiger partial charge in [-0.2, -0.15) is 0 Å². The third kappa shape index (κ3) is 6.03. The number of carbonyl (C=O) groups is 1. The lowest BCUT2D eigenvalue weighted by atomic mass is 10.1. The molecule has 0 radical (unpaired) electrons. The summed E-state index contributed by atoms with van der Waals surface area (Å²) in [7, 11) is 0. The number of hydrogen-bond donors (Lipinski definition) is 1. The Bertz CT molecular complexity index is 1310. The normalized spacial score (nSPS) is 15.8. The Morgan fingerprint density at radius 2 is 1.68 bits per heavy atom. The van der Waals surface area contributed by atoms with Gasteiger partial charge in [-0.15, -0.1) is 0 Å². The van der Waals surface area contributed by atoms with Crippen molar-refractivity contribution >= 4 is 82.4 Å². The molecule has 1 amide bonds. The zero-order chi connectivity index (χ0) is 24.4. The lowest BCUT2D eigenvalue weighted by molar-refractivity contribution is -0.115. The molecule has 0 bridgehead atoms. The second-order valence-corrected chi connectivity index (χ2v) is 11.5. The van der Waals surface area contributed by atoms with E-state index in [-0.39, 0.29) is 5.91 Å². The van der Waals surface area contributed by atoms with Gasteiger partial charge in [-0.1, -0.05) is 45.8 Å². The molecule has 0 unspecified atom stereocenters. The number of amides is 1. The van der Waals surface area contributed by atoms with Crippen molar-refractivity contribution in [2.45, 2.75) is 27.4 Å². The Hall–Kier alpha value is -1.87. The summed E-state index contributed by atoms with van der Waals surface area (Å²) in [4.78, 5) is 17.8. The van der Waals surface area contributed by atoms with Crippen LogP contribution in [0.1, 0.15) is 27.8 Å². The molecule has 1 heterocycles. The summed E-state index contributed by atoms with van der Waals surface area (Å²) in [6, 6.07) is 16.1. The first-order valence-corrected chi connectivity index (χ1v) is 13.6. The maximum atomic E-state index is 12.6. The number of thioether (sulfide) groups is 1. The fourth-order valence-corrected chi connectivity index (χ4v) is 6.02. The molecule has 3 aromatic carbocycles. The number of hydrogen-bond acceptors (Lipinski definition) is 4. The third-order valence-corrected chi connectivity index (χ3v) is 8.43. The third-order valence-electron chi connectivity index (χ3n) is 5.09. The molecule has 1 aliphatic heterocycles. The largest absolute Gasteiger partial charge is 0.487 e. The predicted molar refractivity (Wildman–Crippen MR) is 152 cm³/mol. The van der Waals surface area contributed by atoms with Crippen molar-refractivity contribution in [3.8, 4) is 5.75 Å². The number of rotatable bonds is 5. The average Bonchev–Trinajstić information content (AvgIpc) is 3.09. The van der Waals surface area contributed by atoms with E-state index in [2.05, 4.69) is 77.2 Å². The maximum absolute atomic E-state index is 12.6. The van der Waals surface area contributed by atoms with Crippen LogP contribution < -0.4 is 10.1 Å². The molecule has 3 aromatic rings. The van der Waals surface area contributed by atoms with Gasteiger partial charge in [0.25, 0.3) is 5.91 Å². The highest BCUT2D eigenvalue weighted by atomic mass is 79.9. The Labute approximate surface area is 228 Å². The fourth-order valence-electron chi connectivity index (χ4n) is 3.49. The second-order valence-electron chi connectivity index (χ2n) is 7.97. The Kier molecular flexibility index (Phi) is 8.02. The first-order valence-electron chi connectivity index (χ1n) is 10.4. The van der Waals surface area contributed by atoms with E-state index < -0.39 is 0 Å². The van der Waals surface area contributed by atoms with Crippen molar-refractivity contribution in [2.75, 3.05) is 0 Å². The van der Waals surface area contributed by atoms with Crippen LogP contribution in [-0.4, -0.2) is 11.1 Å². The molecule has 34 heavy (non-hydrogen) atoms. The highest BCUT2D eigenvalue weighted by molar-refractivity contribution is 9.11. The van der Waals surface area contributed by atoms with Gasteiger partial charge in [-0.25, -0.2) is 4.99 Å². The molecule has 1 saturated heterocycles. The zero-order valence-corrected chi connectivity index (χ0v) is 24.3. The number of benzene rings is 3. The summed E-state index contributed by atoms with van der Waals surface area (Å²) < 4.78 is 8.73. The van der Waals surface area contributed by atoms with Gasteiger partial charge in [0, 0.05) is 4.47 Å². The van der Waals surface area contributed by atoms with E-state index in [1.807, 2.05) is 56.3 Å². The number of halogens is 3. The predicted octanol–water partition coefficient (Wildman–Crippen LogP) is 8.37. The number of aryl methyl sites for hydroxylation is 3. The SMILES string of the molecule is Cc1cccc(COc2c(Br)cc(/C=C3\SC(=Nc4cc(C)c(Br)c(C)c4)NC3=O)cc2Br)c1. The van der Waals surface area contributed by atoms with Gasteiger partial charge >= 0.3 is 0 Å². The lowest BCUT2D eigenvalue weighted by Crippen LogP contribution is -2.19. The van der Waals surface area contributed by atoms with E-state index in [4.69, 9.17) is 4.74 Å². The van der Waals surface area contributed by atoms with E-state index in [1.54, 1.807) is 0 Å². The lowest BCUT2D eigenvalue weighted by Gasteiger charge is -2.12. The van der Waals surface area contributed by atoms with E-state index in [9.17, 15) is 4.79 Å². The molecule has 1 N–H and O–H groups in total. The first kappa shape index (κ1) is 25.2. The molecule has 8 heteroatoms. The molecule has 0 spiro atoms. The van der Waals surface area contributed by atoms with Crippen molar-refractivity contribution in [2.24, 2.45) is 4.99 Å². The molecule has 4 rings (SSSR count). The Morgan fingerprint density at radius 3 is 2.32 bits per heavy atom. The first-order chi connectivity index (χ1) is 16.2. The minimum Gasteiger partial charge on any atom is -0.487 e. The number of aliphatic imine (C=N–C) groups is 1. The van der Waals surface area contributed by atoms with E-state index in [0.29, 0.717) is 16.7 Å². The molecule has 0 aliphatic carbocycles. The van der Waals surface area contributed by atoms with Crippen LogP contribution in [0, 0.1) is 20.8 Å². The molecular weight excluding hydrogens is 644 g/mol. The van der Waals surface area contributed by atoms with Crippen LogP contribution in [0.3, 0.4) is 0 Å². The highest BCUT2D eigenvalue weighted by Crippen LogP contribution is 2.37. The summed E-state index contributed by atoms with van der Waals surface area (Å²) in [5, 5.41) is 3.42. The van der Waals surface area contributed by atoms with Crippen LogP contribution in [0.25, 0.3) is 6.08 Å². The molecule has 174 valence electrons. The molecular formula is C26H21Br3N2O2S. The summed E-state index contributed by atoms with van der Waals surface area (Å²) in [6.45, 7) is 6.57. The van der Waals surface area contributed by atoms with E-state index in [1.165, 1.54) is 17.3 Å². The van der Waals surface area contributed by atoms with Gasteiger partial charge < -0.3 is 10.1 Å². The molecule has 1 aliphatic rings. The summed E-state index contributed by atoms with van der Waals surface area (Å²) in [6.07, 6.45) is 1.85. The van der Waals surface area contributed by atoms with Gasteiger partial charge in [0.15, 0.2) is 5.17 Å². The quantitative estimate of drug-likeness (QED) is 0.279. The van der Waals surface area contributed by atoms with Gasteiger partial charge in [0.2, 0.25) is 0 Å². The molecule has 0 aromatic heterocycles. The second kappa shape index (κ2) is 10.8. The number of nitrogens with zero attached hydrogens (tertiary/aromatic N) is 1.